The second-order valence-corrected chi connectivity index (χ2v) is 8.04. The average molecular weight is 357 g/mol. The van der Waals surface area contributed by atoms with Gasteiger partial charge in [-0.25, -0.2) is 4.98 Å². The lowest BCUT2D eigenvalue weighted by Crippen LogP contribution is -2.40. The van der Waals surface area contributed by atoms with Crippen LogP contribution in [-0.2, 0) is 17.6 Å². The normalized spacial score (nSPS) is 27.3. The van der Waals surface area contributed by atoms with E-state index in [1.807, 2.05) is 30.0 Å². The Morgan fingerprint density at radius 3 is 2.85 bits per heavy atom. The quantitative estimate of drug-likeness (QED) is 0.829. The monoisotopic (exact) mass is 357 g/mol. The molecule has 1 aromatic rings. The number of amides is 2. The number of carbonyl (C=O) groups is 2. The summed E-state index contributed by atoms with van der Waals surface area (Å²) in [5.74, 6) is 1.54. The molecule has 0 bridgehead atoms. The molecule has 2 fully saturated rings. The summed E-state index contributed by atoms with van der Waals surface area (Å²) in [6.07, 6.45) is 5.52. The Morgan fingerprint density at radius 1 is 1.31 bits per heavy atom. The van der Waals surface area contributed by atoms with Crippen LogP contribution in [0.2, 0.25) is 0 Å². The maximum absolute atomic E-state index is 13.2. The molecule has 140 valence electrons. The van der Waals surface area contributed by atoms with Gasteiger partial charge in [-0.3, -0.25) is 9.59 Å². The first kappa shape index (κ1) is 17.3. The number of pyridine rings is 1. The molecule has 0 radical (unpaired) electrons. The first-order valence-corrected chi connectivity index (χ1v) is 9.55. The Hall–Kier alpha value is -2.11. The first-order valence-electron chi connectivity index (χ1n) is 9.55. The molecule has 1 saturated carbocycles. The second kappa shape index (κ2) is 6.56. The zero-order chi connectivity index (χ0) is 18.4. The van der Waals surface area contributed by atoms with E-state index in [4.69, 9.17) is 4.74 Å². The van der Waals surface area contributed by atoms with Gasteiger partial charge in [0.25, 0.3) is 5.91 Å². The zero-order valence-electron chi connectivity index (χ0n) is 15.8. The van der Waals surface area contributed by atoms with E-state index >= 15 is 0 Å². The van der Waals surface area contributed by atoms with E-state index in [-0.39, 0.29) is 17.9 Å². The highest BCUT2D eigenvalue weighted by molar-refractivity contribution is 5.96. The van der Waals surface area contributed by atoms with Gasteiger partial charge < -0.3 is 14.5 Å². The van der Waals surface area contributed by atoms with Crippen LogP contribution >= 0.6 is 0 Å². The molecule has 0 N–H and O–H groups in total. The third-order valence-electron chi connectivity index (χ3n) is 6.49. The minimum Gasteiger partial charge on any atom is -0.480 e. The maximum Gasteiger partial charge on any atom is 0.259 e. The highest BCUT2D eigenvalue weighted by Crippen LogP contribution is 2.40. The number of piperidine rings is 1. The fourth-order valence-electron chi connectivity index (χ4n) is 4.92. The summed E-state index contributed by atoms with van der Waals surface area (Å²) < 4.78 is 5.42. The van der Waals surface area contributed by atoms with Gasteiger partial charge in [-0.05, 0) is 55.6 Å². The molecule has 4 rings (SSSR count). The van der Waals surface area contributed by atoms with Gasteiger partial charge in [0, 0.05) is 38.8 Å². The number of nitrogens with zero attached hydrogens (tertiary/aromatic N) is 3. The van der Waals surface area contributed by atoms with Crippen molar-refractivity contribution in [2.75, 3.05) is 27.7 Å². The maximum atomic E-state index is 13.2. The van der Waals surface area contributed by atoms with Crippen LogP contribution in [0.3, 0.4) is 0 Å². The second-order valence-electron chi connectivity index (χ2n) is 8.04. The van der Waals surface area contributed by atoms with E-state index in [1.54, 1.807) is 7.11 Å². The lowest BCUT2D eigenvalue weighted by molar-refractivity contribution is -0.134. The molecule has 1 aliphatic heterocycles. The molecule has 1 aromatic heterocycles. The lowest BCUT2D eigenvalue weighted by atomic mass is 9.88. The summed E-state index contributed by atoms with van der Waals surface area (Å²) in [4.78, 5) is 33.4. The van der Waals surface area contributed by atoms with E-state index in [0.29, 0.717) is 29.7 Å². The van der Waals surface area contributed by atoms with Gasteiger partial charge >= 0.3 is 0 Å². The zero-order valence-corrected chi connectivity index (χ0v) is 15.8. The molecule has 1 saturated heterocycles. The van der Waals surface area contributed by atoms with Crippen LogP contribution in [0.5, 0.6) is 5.88 Å². The smallest absolute Gasteiger partial charge is 0.259 e. The van der Waals surface area contributed by atoms with Gasteiger partial charge in [-0.15, -0.1) is 0 Å². The molecular weight excluding hydrogens is 330 g/mol. The molecule has 6 nitrogen and oxygen atoms in total. The van der Waals surface area contributed by atoms with E-state index in [0.717, 1.165) is 44.3 Å². The van der Waals surface area contributed by atoms with E-state index in [9.17, 15) is 9.59 Å². The average Bonchev–Trinajstić information content (AvgIpc) is 3.25. The van der Waals surface area contributed by atoms with Gasteiger partial charge in [-0.1, -0.05) is 0 Å². The molecule has 0 unspecified atom stereocenters. The summed E-state index contributed by atoms with van der Waals surface area (Å²) in [5, 5.41) is 0. The van der Waals surface area contributed by atoms with Crippen LogP contribution in [0.1, 0.15) is 47.3 Å². The first-order chi connectivity index (χ1) is 12.5. The SMILES string of the molecule is COc1nc2c(cc1C(=O)N(C)[C@H]1C[C@H]3CC(=O)N(C)C[C@H]3C1)CCC2. The van der Waals surface area contributed by atoms with Gasteiger partial charge in [0.1, 0.15) is 5.56 Å². The van der Waals surface area contributed by atoms with Crippen molar-refractivity contribution in [3.8, 4) is 5.88 Å². The van der Waals surface area contributed by atoms with Crippen LogP contribution < -0.4 is 4.74 Å². The topological polar surface area (TPSA) is 62.7 Å². The van der Waals surface area contributed by atoms with Gasteiger partial charge in [0.15, 0.2) is 0 Å². The van der Waals surface area contributed by atoms with E-state index < -0.39 is 0 Å². The van der Waals surface area contributed by atoms with Crippen molar-refractivity contribution in [1.82, 2.24) is 14.8 Å². The highest BCUT2D eigenvalue weighted by atomic mass is 16.5. The largest absolute Gasteiger partial charge is 0.480 e. The molecule has 3 aliphatic rings. The Bertz CT molecular complexity index is 748. The standard InChI is InChI=1S/C20H27N3O3/c1-22-11-14-8-15(7-13(14)10-18(22)24)23(2)20(25)16-9-12-5-4-6-17(12)21-19(16)26-3/h9,13-15H,4-8,10-11H2,1-3H3/t13-,14+,15-/m0/s1. The molecule has 26 heavy (non-hydrogen) atoms. The summed E-state index contributed by atoms with van der Waals surface area (Å²) in [7, 11) is 5.33. The van der Waals surface area contributed by atoms with Crippen molar-refractivity contribution >= 4 is 11.8 Å². The Morgan fingerprint density at radius 2 is 2.08 bits per heavy atom. The number of hydrogen-bond acceptors (Lipinski definition) is 4. The fourth-order valence-corrected chi connectivity index (χ4v) is 4.92. The molecule has 3 atom stereocenters. The van der Waals surface area contributed by atoms with Crippen LogP contribution in [-0.4, -0.2) is 60.4 Å². The predicted octanol–water partition coefficient (Wildman–Crippen LogP) is 1.91. The summed E-state index contributed by atoms with van der Waals surface area (Å²) >= 11 is 0. The number of aromatic nitrogens is 1. The Kier molecular flexibility index (Phi) is 4.37. The number of likely N-dealkylation sites (tertiary alicyclic amines) is 1. The fraction of sp³-hybridized carbons (Fsp3) is 0.650. The van der Waals surface area contributed by atoms with Crippen molar-refractivity contribution in [2.24, 2.45) is 11.8 Å². The molecule has 2 aliphatic carbocycles. The van der Waals surface area contributed by atoms with Crippen molar-refractivity contribution in [3.63, 3.8) is 0 Å². The summed E-state index contributed by atoms with van der Waals surface area (Å²) in [6.45, 7) is 0.811. The number of ether oxygens (including phenoxy) is 1. The Labute approximate surface area is 154 Å². The number of carbonyl (C=O) groups excluding carboxylic acids is 2. The molecule has 2 amide bonds. The summed E-state index contributed by atoms with van der Waals surface area (Å²) in [5.41, 5.74) is 2.81. The number of rotatable bonds is 3. The van der Waals surface area contributed by atoms with Crippen LogP contribution in [0.15, 0.2) is 6.07 Å². The third-order valence-corrected chi connectivity index (χ3v) is 6.49. The van der Waals surface area contributed by atoms with Gasteiger partial charge in [0.2, 0.25) is 11.8 Å². The Balaban J connectivity index is 1.53. The molecule has 0 spiro atoms. The lowest BCUT2D eigenvalue weighted by Gasteiger charge is -2.31. The molecule has 0 aromatic carbocycles. The number of methoxy groups -OCH3 is 1. The van der Waals surface area contributed by atoms with Crippen LogP contribution in [0.25, 0.3) is 0 Å². The molecular formula is C20H27N3O3. The number of fused-ring (bicyclic) bond motifs is 2. The summed E-state index contributed by atoms with van der Waals surface area (Å²) in [6, 6.07) is 2.15. The predicted molar refractivity (Wildman–Crippen MR) is 97.2 cm³/mol. The third kappa shape index (κ3) is 2.85. The van der Waals surface area contributed by atoms with E-state index in [2.05, 4.69) is 4.98 Å². The van der Waals surface area contributed by atoms with E-state index in [1.165, 1.54) is 5.56 Å². The van der Waals surface area contributed by atoms with Gasteiger partial charge in [0.05, 0.1) is 7.11 Å². The highest BCUT2D eigenvalue weighted by Gasteiger charge is 2.42. The van der Waals surface area contributed by atoms with Crippen molar-refractivity contribution < 1.29 is 14.3 Å². The number of hydrogen-bond donors (Lipinski definition) is 0. The number of aryl methyl sites for hydroxylation is 2. The van der Waals surface area contributed by atoms with Crippen molar-refractivity contribution in [2.45, 2.75) is 44.6 Å². The minimum atomic E-state index is -0.0209. The minimum absolute atomic E-state index is 0.0209. The van der Waals surface area contributed by atoms with Gasteiger partial charge in [-0.2, -0.15) is 0 Å². The van der Waals surface area contributed by atoms with Crippen LogP contribution in [0, 0.1) is 11.8 Å². The van der Waals surface area contributed by atoms with Crippen molar-refractivity contribution in [3.05, 3.63) is 22.9 Å². The van der Waals surface area contributed by atoms with Crippen LogP contribution in [0.4, 0.5) is 0 Å². The molecule has 6 heteroatoms. The molecule has 2 heterocycles. The van der Waals surface area contributed by atoms with Crippen molar-refractivity contribution in [1.29, 1.82) is 0 Å².